The number of ether oxygens (including phenoxy) is 1. The fraction of sp³-hybridized carbons (Fsp3) is 0.188. The Morgan fingerprint density at radius 1 is 1.09 bits per heavy atom. The van der Waals surface area contributed by atoms with Crippen LogP contribution in [-0.4, -0.2) is 19.6 Å². The highest BCUT2D eigenvalue weighted by Crippen LogP contribution is 2.31. The number of aryl methyl sites for hydroxylation is 1. The third-order valence-corrected chi connectivity index (χ3v) is 4.08. The summed E-state index contributed by atoms with van der Waals surface area (Å²) in [6.45, 7) is 1.93. The summed E-state index contributed by atoms with van der Waals surface area (Å²) in [5.41, 5.74) is 2.07. The van der Waals surface area contributed by atoms with Gasteiger partial charge in [-0.3, -0.25) is 4.79 Å². The number of amides is 1. The summed E-state index contributed by atoms with van der Waals surface area (Å²) in [6.07, 6.45) is 0. The van der Waals surface area contributed by atoms with Gasteiger partial charge in [-0.2, -0.15) is 0 Å². The zero-order chi connectivity index (χ0) is 17.0. The molecule has 0 heterocycles. The van der Waals surface area contributed by atoms with E-state index < -0.39 is 0 Å². The molecule has 7 heteroatoms. The van der Waals surface area contributed by atoms with E-state index in [2.05, 4.69) is 10.6 Å². The summed E-state index contributed by atoms with van der Waals surface area (Å²) < 4.78 is 5.25. The molecule has 4 nitrogen and oxygen atoms in total. The molecule has 0 aromatic heterocycles. The van der Waals surface area contributed by atoms with Crippen LogP contribution >= 0.6 is 34.8 Å². The molecule has 0 unspecified atom stereocenters. The largest absolute Gasteiger partial charge is 0.495 e. The zero-order valence-electron chi connectivity index (χ0n) is 12.5. The molecule has 0 spiro atoms. The molecule has 0 radical (unpaired) electrons. The minimum atomic E-state index is -0.246. The third kappa shape index (κ3) is 4.67. The van der Waals surface area contributed by atoms with Crippen molar-refractivity contribution in [2.75, 3.05) is 24.3 Å². The Kier molecular flexibility index (Phi) is 5.99. The summed E-state index contributed by atoms with van der Waals surface area (Å²) >= 11 is 17.9. The van der Waals surface area contributed by atoms with Crippen LogP contribution in [0.25, 0.3) is 0 Å². The minimum absolute atomic E-state index is 0.0520. The van der Waals surface area contributed by atoms with Crippen molar-refractivity contribution in [1.82, 2.24) is 0 Å². The molecule has 0 saturated carbocycles. The molecular formula is C16H15Cl3N2O2. The Morgan fingerprint density at radius 3 is 2.48 bits per heavy atom. The van der Waals surface area contributed by atoms with Crippen LogP contribution < -0.4 is 15.4 Å². The number of hydrogen-bond donors (Lipinski definition) is 2. The average molecular weight is 374 g/mol. The Bertz CT molecular complexity index is 736. The molecule has 0 atom stereocenters. The van der Waals surface area contributed by atoms with E-state index in [0.29, 0.717) is 32.2 Å². The molecule has 0 aliphatic rings. The number of halogens is 3. The highest BCUT2D eigenvalue weighted by Gasteiger charge is 2.10. The van der Waals surface area contributed by atoms with E-state index in [4.69, 9.17) is 39.5 Å². The van der Waals surface area contributed by atoms with E-state index in [1.807, 2.05) is 13.0 Å². The van der Waals surface area contributed by atoms with Crippen LogP contribution in [-0.2, 0) is 4.79 Å². The van der Waals surface area contributed by atoms with Gasteiger partial charge >= 0.3 is 0 Å². The molecule has 0 aliphatic heterocycles. The number of rotatable bonds is 5. The van der Waals surface area contributed by atoms with Gasteiger partial charge in [0.2, 0.25) is 5.91 Å². The summed E-state index contributed by atoms with van der Waals surface area (Å²) in [5.74, 6) is 0.321. The summed E-state index contributed by atoms with van der Waals surface area (Å²) in [4.78, 5) is 12.0. The van der Waals surface area contributed by atoms with Crippen LogP contribution in [0.5, 0.6) is 5.75 Å². The van der Waals surface area contributed by atoms with Crippen molar-refractivity contribution in [1.29, 1.82) is 0 Å². The first-order chi connectivity index (χ1) is 10.9. The van der Waals surface area contributed by atoms with E-state index in [1.54, 1.807) is 31.4 Å². The first-order valence-electron chi connectivity index (χ1n) is 6.73. The van der Waals surface area contributed by atoms with Gasteiger partial charge in [-0.15, -0.1) is 0 Å². The van der Waals surface area contributed by atoms with Crippen LogP contribution in [0, 0.1) is 6.92 Å². The molecule has 0 saturated heterocycles. The van der Waals surface area contributed by atoms with Crippen molar-refractivity contribution in [2.45, 2.75) is 6.92 Å². The van der Waals surface area contributed by atoms with Gasteiger partial charge < -0.3 is 15.4 Å². The SMILES string of the molecule is COc1cc(Cl)c(C)cc1NCC(=O)Nc1ccc(Cl)cc1Cl. The lowest BCUT2D eigenvalue weighted by molar-refractivity contribution is -0.114. The van der Waals surface area contributed by atoms with Gasteiger partial charge in [0.15, 0.2) is 0 Å². The maximum atomic E-state index is 12.0. The number of anilines is 2. The lowest BCUT2D eigenvalue weighted by Crippen LogP contribution is -2.22. The highest BCUT2D eigenvalue weighted by atomic mass is 35.5. The molecule has 2 aromatic carbocycles. The van der Waals surface area contributed by atoms with Crippen molar-refractivity contribution in [3.8, 4) is 5.75 Å². The summed E-state index contributed by atoms with van der Waals surface area (Å²) in [5, 5.41) is 7.22. The zero-order valence-corrected chi connectivity index (χ0v) is 14.8. The second-order valence-electron chi connectivity index (χ2n) is 4.83. The van der Waals surface area contributed by atoms with Crippen LogP contribution in [0.4, 0.5) is 11.4 Å². The number of methoxy groups -OCH3 is 1. The smallest absolute Gasteiger partial charge is 0.243 e. The molecule has 23 heavy (non-hydrogen) atoms. The molecule has 2 aromatic rings. The Labute approximate surface area is 149 Å². The molecule has 0 bridgehead atoms. The van der Waals surface area contributed by atoms with Gasteiger partial charge in [0, 0.05) is 16.1 Å². The second-order valence-corrected chi connectivity index (χ2v) is 6.08. The van der Waals surface area contributed by atoms with Crippen molar-refractivity contribution < 1.29 is 9.53 Å². The monoisotopic (exact) mass is 372 g/mol. The van der Waals surface area contributed by atoms with Crippen LogP contribution in [0.15, 0.2) is 30.3 Å². The lowest BCUT2D eigenvalue weighted by Gasteiger charge is -2.13. The van der Waals surface area contributed by atoms with Crippen LogP contribution in [0.3, 0.4) is 0 Å². The molecule has 2 rings (SSSR count). The molecule has 1 amide bonds. The van der Waals surface area contributed by atoms with Crippen molar-refractivity contribution >= 4 is 52.1 Å². The standard InChI is InChI=1S/C16H15Cl3N2O2/c1-9-5-14(15(23-2)7-11(9)18)20-8-16(22)21-13-4-3-10(17)6-12(13)19/h3-7,20H,8H2,1-2H3,(H,21,22). The van der Waals surface area contributed by atoms with Crippen molar-refractivity contribution in [3.63, 3.8) is 0 Å². The fourth-order valence-corrected chi connectivity index (χ4v) is 2.54. The van der Waals surface area contributed by atoms with Crippen molar-refractivity contribution in [3.05, 3.63) is 51.0 Å². The van der Waals surface area contributed by atoms with Gasteiger partial charge in [-0.1, -0.05) is 34.8 Å². The Balaban J connectivity index is 2.03. The fourth-order valence-electron chi connectivity index (χ4n) is 1.93. The number of carbonyl (C=O) groups is 1. The molecule has 0 aliphatic carbocycles. The second kappa shape index (κ2) is 7.77. The van der Waals surface area contributed by atoms with Gasteiger partial charge in [0.25, 0.3) is 0 Å². The van der Waals surface area contributed by atoms with E-state index in [9.17, 15) is 4.79 Å². The molecular weight excluding hydrogens is 359 g/mol. The quantitative estimate of drug-likeness (QED) is 0.774. The van der Waals surface area contributed by atoms with Crippen LogP contribution in [0.2, 0.25) is 15.1 Å². The Morgan fingerprint density at radius 2 is 1.83 bits per heavy atom. The maximum absolute atomic E-state index is 12.0. The molecule has 122 valence electrons. The van der Waals surface area contributed by atoms with Gasteiger partial charge in [0.1, 0.15) is 5.75 Å². The summed E-state index contributed by atoms with van der Waals surface area (Å²) in [7, 11) is 1.54. The number of benzene rings is 2. The molecule has 0 fully saturated rings. The van der Waals surface area contributed by atoms with E-state index in [0.717, 1.165) is 5.56 Å². The number of carbonyl (C=O) groups excluding carboxylic acids is 1. The maximum Gasteiger partial charge on any atom is 0.243 e. The van der Waals surface area contributed by atoms with Gasteiger partial charge in [-0.25, -0.2) is 0 Å². The van der Waals surface area contributed by atoms with E-state index in [1.165, 1.54) is 0 Å². The van der Waals surface area contributed by atoms with E-state index >= 15 is 0 Å². The molecule has 2 N–H and O–H groups in total. The van der Waals surface area contributed by atoms with Gasteiger partial charge in [0.05, 0.1) is 30.1 Å². The first-order valence-corrected chi connectivity index (χ1v) is 7.87. The topological polar surface area (TPSA) is 50.4 Å². The normalized spacial score (nSPS) is 10.3. The first kappa shape index (κ1) is 17.7. The minimum Gasteiger partial charge on any atom is -0.495 e. The Hall–Kier alpha value is -1.62. The van der Waals surface area contributed by atoms with Crippen LogP contribution in [0.1, 0.15) is 5.56 Å². The number of hydrogen-bond acceptors (Lipinski definition) is 3. The van der Waals surface area contributed by atoms with Gasteiger partial charge in [-0.05, 0) is 36.8 Å². The predicted octanol–water partition coefficient (Wildman–Crippen LogP) is 5.01. The average Bonchev–Trinajstić information content (AvgIpc) is 2.50. The van der Waals surface area contributed by atoms with Crippen molar-refractivity contribution in [2.24, 2.45) is 0 Å². The van der Waals surface area contributed by atoms with E-state index in [-0.39, 0.29) is 12.5 Å². The lowest BCUT2D eigenvalue weighted by atomic mass is 10.2. The summed E-state index contributed by atoms with van der Waals surface area (Å²) in [6, 6.07) is 8.40. The third-order valence-electron chi connectivity index (χ3n) is 3.13. The number of nitrogens with one attached hydrogen (secondary N) is 2. The predicted molar refractivity (Wildman–Crippen MR) is 96.3 cm³/mol. The highest BCUT2D eigenvalue weighted by molar-refractivity contribution is 6.36.